The third-order valence-corrected chi connectivity index (χ3v) is 1.53. The van der Waals surface area contributed by atoms with Crippen LogP contribution in [0.3, 0.4) is 0 Å². The molecule has 0 bridgehead atoms. The Morgan fingerprint density at radius 3 is 2.23 bits per heavy atom. The number of rotatable bonds is 1. The molecule has 3 nitrogen and oxygen atoms in total. The summed E-state index contributed by atoms with van der Waals surface area (Å²) in [6, 6.07) is 0. The lowest BCUT2D eigenvalue weighted by Crippen LogP contribution is -2.38. The number of carbonyl (C=O) groups is 2. The highest BCUT2D eigenvalue weighted by atomic mass is 19.4. The van der Waals surface area contributed by atoms with Gasteiger partial charge in [0.25, 0.3) is 11.8 Å². The Bertz CT molecular complexity index is 293. The maximum atomic E-state index is 11.8. The predicted molar refractivity (Wildman–Crippen MR) is 36.5 cm³/mol. The lowest BCUT2D eigenvalue weighted by Gasteiger charge is -2.15. The number of imide groups is 1. The van der Waals surface area contributed by atoms with Crippen LogP contribution < -0.4 is 0 Å². The van der Waals surface area contributed by atoms with Gasteiger partial charge in [-0.3, -0.25) is 14.5 Å². The zero-order valence-corrected chi connectivity index (χ0v) is 6.68. The van der Waals surface area contributed by atoms with Crippen LogP contribution in [0.4, 0.5) is 13.2 Å². The topological polar surface area (TPSA) is 37.4 Å². The number of nitrogens with zero attached hydrogens (tertiary/aromatic N) is 1. The molecular formula is C7H6F3NO2. The van der Waals surface area contributed by atoms with Crippen LogP contribution in [0.15, 0.2) is 11.6 Å². The molecule has 13 heavy (non-hydrogen) atoms. The number of hydrogen-bond donors (Lipinski definition) is 0. The van der Waals surface area contributed by atoms with Crippen LogP contribution in [0.25, 0.3) is 0 Å². The van der Waals surface area contributed by atoms with Gasteiger partial charge in [-0.2, -0.15) is 13.2 Å². The summed E-state index contributed by atoms with van der Waals surface area (Å²) in [6.45, 7) is -0.213. The molecule has 0 saturated carbocycles. The maximum absolute atomic E-state index is 11.8. The molecule has 2 amide bonds. The normalized spacial score (nSPS) is 18.2. The van der Waals surface area contributed by atoms with E-state index in [1.807, 2.05) is 0 Å². The molecule has 0 radical (unpaired) electrons. The minimum Gasteiger partial charge on any atom is -0.269 e. The summed E-state index contributed by atoms with van der Waals surface area (Å²) >= 11 is 0. The first kappa shape index (κ1) is 9.76. The molecule has 0 N–H and O–H groups in total. The SMILES string of the molecule is CC1=CC(=O)N(CC(F)(F)F)C1=O. The molecule has 0 atom stereocenters. The highest BCUT2D eigenvalue weighted by molar-refractivity contribution is 6.15. The van der Waals surface area contributed by atoms with Crippen molar-refractivity contribution in [2.45, 2.75) is 13.1 Å². The molecule has 0 fully saturated rings. The summed E-state index contributed by atoms with van der Waals surface area (Å²) < 4.78 is 35.4. The van der Waals surface area contributed by atoms with Crippen LogP contribution in [-0.2, 0) is 9.59 Å². The van der Waals surface area contributed by atoms with Gasteiger partial charge in [0.2, 0.25) is 0 Å². The Balaban J connectivity index is 2.75. The highest BCUT2D eigenvalue weighted by Gasteiger charge is 2.38. The Hall–Kier alpha value is -1.33. The summed E-state index contributed by atoms with van der Waals surface area (Å²) in [4.78, 5) is 21.9. The number of alkyl halides is 3. The first-order chi connectivity index (χ1) is 5.81. The van der Waals surface area contributed by atoms with Crippen LogP contribution in [0, 0.1) is 0 Å². The summed E-state index contributed by atoms with van der Waals surface area (Å²) in [7, 11) is 0. The molecule has 6 heteroatoms. The zero-order chi connectivity index (χ0) is 10.2. The van der Waals surface area contributed by atoms with E-state index in [0.29, 0.717) is 0 Å². The van der Waals surface area contributed by atoms with Gasteiger partial charge in [-0.05, 0) is 6.92 Å². The lowest BCUT2D eigenvalue weighted by atomic mass is 10.3. The van der Waals surface area contributed by atoms with E-state index in [0.717, 1.165) is 6.08 Å². The van der Waals surface area contributed by atoms with Gasteiger partial charge in [-0.25, -0.2) is 0 Å². The van der Waals surface area contributed by atoms with E-state index in [9.17, 15) is 22.8 Å². The molecule has 0 spiro atoms. The Morgan fingerprint density at radius 2 is 1.92 bits per heavy atom. The summed E-state index contributed by atoms with van der Waals surface area (Å²) in [5, 5.41) is 0. The van der Waals surface area contributed by atoms with Crippen molar-refractivity contribution in [1.82, 2.24) is 4.90 Å². The third kappa shape index (κ3) is 2.07. The second-order valence-corrected chi connectivity index (χ2v) is 2.67. The summed E-state index contributed by atoms with van der Waals surface area (Å²) in [5.74, 6) is -1.78. The number of hydrogen-bond acceptors (Lipinski definition) is 2. The smallest absolute Gasteiger partial charge is 0.269 e. The van der Waals surface area contributed by atoms with E-state index in [1.165, 1.54) is 6.92 Å². The van der Waals surface area contributed by atoms with Crippen molar-refractivity contribution in [3.8, 4) is 0 Å². The Kier molecular flexibility index (Phi) is 2.15. The molecule has 1 aliphatic heterocycles. The number of carbonyl (C=O) groups excluding carboxylic acids is 2. The molecule has 1 rings (SSSR count). The van der Waals surface area contributed by atoms with Gasteiger partial charge < -0.3 is 0 Å². The van der Waals surface area contributed by atoms with Gasteiger partial charge >= 0.3 is 6.18 Å². The molecule has 72 valence electrons. The predicted octanol–water partition coefficient (Wildman–Crippen LogP) is 0.864. The van der Waals surface area contributed by atoms with Crippen molar-refractivity contribution < 1.29 is 22.8 Å². The second kappa shape index (κ2) is 2.86. The van der Waals surface area contributed by atoms with E-state index in [1.54, 1.807) is 0 Å². The van der Waals surface area contributed by atoms with E-state index in [4.69, 9.17) is 0 Å². The van der Waals surface area contributed by atoms with E-state index in [-0.39, 0.29) is 10.5 Å². The Morgan fingerprint density at radius 1 is 1.38 bits per heavy atom. The number of halogens is 3. The number of amides is 2. The maximum Gasteiger partial charge on any atom is 0.406 e. The lowest BCUT2D eigenvalue weighted by molar-refractivity contribution is -0.164. The summed E-state index contributed by atoms with van der Waals surface area (Å²) in [6.07, 6.45) is -3.64. The van der Waals surface area contributed by atoms with Crippen LogP contribution in [0.2, 0.25) is 0 Å². The first-order valence-corrected chi connectivity index (χ1v) is 3.42. The fourth-order valence-electron chi connectivity index (χ4n) is 0.967. The van der Waals surface area contributed by atoms with Gasteiger partial charge in [0.1, 0.15) is 6.54 Å². The molecule has 1 aliphatic rings. The average Bonchev–Trinajstić information content (AvgIpc) is 2.14. The first-order valence-electron chi connectivity index (χ1n) is 3.42. The fourth-order valence-corrected chi connectivity index (χ4v) is 0.967. The average molecular weight is 193 g/mol. The van der Waals surface area contributed by atoms with Gasteiger partial charge in [0.05, 0.1) is 0 Å². The largest absolute Gasteiger partial charge is 0.406 e. The standard InChI is InChI=1S/C7H6F3NO2/c1-4-2-5(12)11(6(4)13)3-7(8,9)10/h2H,3H2,1H3. The minimum absolute atomic E-state index is 0.0363. The zero-order valence-electron chi connectivity index (χ0n) is 6.68. The van der Waals surface area contributed by atoms with E-state index < -0.39 is 24.5 Å². The van der Waals surface area contributed by atoms with Crippen molar-refractivity contribution in [3.63, 3.8) is 0 Å². The van der Waals surface area contributed by atoms with E-state index in [2.05, 4.69) is 0 Å². The molecule has 0 aromatic heterocycles. The summed E-state index contributed by atoms with van der Waals surface area (Å²) in [5.41, 5.74) is 0.0363. The van der Waals surface area contributed by atoms with Crippen molar-refractivity contribution in [3.05, 3.63) is 11.6 Å². The van der Waals surface area contributed by atoms with E-state index >= 15 is 0 Å². The minimum atomic E-state index is -4.54. The monoisotopic (exact) mass is 193 g/mol. The van der Waals surface area contributed by atoms with Crippen LogP contribution >= 0.6 is 0 Å². The molecule has 0 aliphatic carbocycles. The van der Waals surface area contributed by atoms with Crippen molar-refractivity contribution in [2.24, 2.45) is 0 Å². The molecule has 0 aromatic rings. The fraction of sp³-hybridized carbons (Fsp3) is 0.429. The molecular weight excluding hydrogens is 187 g/mol. The quantitative estimate of drug-likeness (QED) is 0.579. The van der Waals surface area contributed by atoms with Gasteiger partial charge in [-0.15, -0.1) is 0 Å². The van der Waals surface area contributed by atoms with Crippen LogP contribution in [0.5, 0.6) is 0 Å². The van der Waals surface area contributed by atoms with Crippen LogP contribution in [-0.4, -0.2) is 29.4 Å². The third-order valence-electron chi connectivity index (χ3n) is 1.53. The van der Waals surface area contributed by atoms with Gasteiger partial charge in [-0.1, -0.05) is 0 Å². The van der Waals surface area contributed by atoms with Crippen molar-refractivity contribution >= 4 is 11.8 Å². The molecule has 0 aromatic carbocycles. The Labute approximate surface area is 71.8 Å². The molecule has 0 unspecified atom stereocenters. The van der Waals surface area contributed by atoms with Crippen LogP contribution in [0.1, 0.15) is 6.92 Å². The second-order valence-electron chi connectivity index (χ2n) is 2.67. The molecule has 0 saturated heterocycles. The highest BCUT2D eigenvalue weighted by Crippen LogP contribution is 2.20. The van der Waals surface area contributed by atoms with Crippen molar-refractivity contribution in [1.29, 1.82) is 0 Å². The van der Waals surface area contributed by atoms with Gasteiger partial charge in [0.15, 0.2) is 0 Å². The van der Waals surface area contributed by atoms with Gasteiger partial charge in [0, 0.05) is 11.6 Å². The molecule has 1 heterocycles. The van der Waals surface area contributed by atoms with Crippen molar-refractivity contribution in [2.75, 3.05) is 6.54 Å².